The zero-order valence-electron chi connectivity index (χ0n) is 11.4. The Balaban J connectivity index is 1.75. The standard InChI is InChI=1S/C16H19N3/c1-13-3-7-15(8-4-13)11-17-19-18-12-16-9-5-14(2)6-10-16/h3-10H,11-12H2,1-2H3,(H,17,18). The van der Waals surface area contributed by atoms with E-state index in [4.69, 9.17) is 0 Å². The number of nitrogens with zero attached hydrogens (tertiary/aromatic N) is 2. The van der Waals surface area contributed by atoms with Gasteiger partial charge in [0, 0.05) is 0 Å². The van der Waals surface area contributed by atoms with Crippen molar-refractivity contribution in [1.82, 2.24) is 5.43 Å². The molecule has 0 aromatic heterocycles. The van der Waals surface area contributed by atoms with Crippen LogP contribution in [0.3, 0.4) is 0 Å². The van der Waals surface area contributed by atoms with E-state index in [0.29, 0.717) is 13.1 Å². The molecule has 2 aromatic rings. The van der Waals surface area contributed by atoms with Crippen LogP contribution in [0.5, 0.6) is 0 Å². The molecular weight excluding hydrogens is 234 g/mol. The van der Waals surface area contributed by atoms with Gasteiger partial charge < -0.3 is 0 Å². The average molecular weight is 253 g/mol. The maximum absolute atomic E-state index is 4.12. The van der Waals surface area contributed by atoms with Crippen molar-refractivity contribution in [2.75, 3.05) is 0 Å². The van der Waals surface area contributed by atoms with Crippen molar-refractivity contribution < 1.29 is 0 Å². The van der Waals surface area contributed by atoms with Crippen LogP contribution in [-0.4, -0.2) is 0 Å². The van der Waals surface area contributed by atoms with Gasteiger partial charge in [-0.3, -0.25) is 5.43 Å². The van der Waals surface area contributed by atoms with Gasteiger partial charge in [-0.25, -0.2) is 0 Å². The van der Waals surface area contributed by atoms with Crippen LogP contribution in [0, 0.1) is 13.8 Å². The SMILES string of the molecule is Cc1ccc(CN=NNCc2ccc(C)cc2)cc1. The first kappa shape index (κ1) is 13.3. The Hall–Kier alpha value is -2.16. The third-order valence-corrected chi connectivity index (χ3v) is 2.92. The zero-order valence-corrected chi connectivity index (χ0v) is 11.4. The van der Waals surface area contributed by atoms with Crippen molar-refractivity contribution in [1.29, 1.82) is 0 Å². The molecule has 0 saturated heterocycles. The summed E-state index contributed by atoms with van der Waals surface area (Å²) >= 11 is 0. The predicted molar refractivity (Wildman–Crippen MR) is 77.8 cm³/mol. The highest BCUT2D eigenvalue weighted by Gasteiger charge is 1.91. The highest BCUT2D eigenvalue weighted by molar-refractivity contribution is 5.21. The fraction of sp³-hybridized carbons (Fsp3) is 0.250. The van der Waals surface area contributed by atoms with Crippen LogP contribution in [0.25, 0.3) is 0 Å². The third kappa shape index (κ3) is 4.54. The van der Waals surface area contributed by atoms with Gasteiger partial charge in [0.2, 0.25) is 0 Å². The highest BCUT2D eigenvalue weighted by Crippen LogP contribution is 2.05. The Morgan fingerprint density at radius 1 is 0.789 bits per heavy atom. The fourth-order valence-electron chi connectivity index (χ4n) is 1.69. The predicted octanol–water partition coefficient (Wildman–Crippen LogP) is 3.96. The molecule has 0 fully saturated rings. The molecule has 2 aromatic carbocycles. The summed E-state index contributed by atoms with van der Waals surface area (Å²) in [5, 5.41) is 8.10. The Morgan fingerprint density at radius 2 is 1.32 bits per heavy atom. The summed E-state index contributed by atoms with van der Waals surface area (Å²) in [5.74, 6) is 0. The summed E-state index contributed by atoms with van der Waals surface area (Å²) < 4.78 is 0. The van der Waals surface area contributed by atoms with E-state index in [2.05, 4.69) is 78.1 Å². The first-order chi connectivity index (χ1) is 9.24. The third-order valence-electron chi connectivity index (χ3n) is 2.92. The topological polar surface area (TPSA) is 36.8 Å². The summed E-state index contributed by atoms with van der Waals surface area (Å²) in [7, 11) is 0. The average Bonchev–Trinajstić information content (AvgIpc) is 2.43. The van der Waals surface area contributed by atoms with Gasteiger partial charge in [-0.1, -0.05) is 64.9 Å². The van der Waals surface area contributed by atoms with E-state index in [9.17, 15) is 0 Å². The monoisotopic (exact) mass is 253 g/mol. The Labute approximate surface area is 114 Å². The Morgan fingerprint density at radius 3 is 1.89 bits per heavy atom. The second kappa shape index (κ2) is 6.69. The van der Waals surface area contributed by atoms with Crippen LogP contribution in [0.15, 0.2) is 58.9 Å². The summed E-state index contributed by atoms with van der Waals surface area (Å²) in [6, 6.07) is 16.7. The lowest BCUT2D eigenvalue weighted by Crippen LogP contribution is -2.03. The molecule has 0 spiro atoms. The lowest BCUT2D eigenvalue weighted by molar-refractivity contribution is 0.668. The molecule has 0 bridgehead atoms. The van der Waals surface area contributed by atoms with Crippen LogP contribution in [-0.2, 0) is 13.1 Å². The molecular formula is C16H19N3. The maximum Gasteiger partial charge on any atom is 0.0870 e. The minimum absolute atomic E-state index is 0.612. The molecule has 98 valence electrons. The van der Waals surface area contributed by atoms with E-state index < -0.39 is 0 Å². The summed E-state index contributed by atoms with van der Waals surface area (Å²) in [6.45, 7) is 5.48. The quantitative estimate of drug-likeness (QED) is 0.635. The van der Waals surface area contributed by atoms with Gasteiger partial charge in [0.25, 0.3) is 0 Å². The van der Waals surface area contributed by atoms with E-state index in [0.717, 1.165) is 0 Å². The molecule has 0 amide bonds. The number of aryl methyl sites for hydroxylation is 2. The van der Waals surface area contributed by atoms with Gasteiger partial charge in [-0.15, -0.1) is 0 Å². The van der Waals surface area contributed by atoms with Crippen LogP contribution in [0.1, 0.15) is 22.3 Å². The van der Waals surface area contributed by atoms with E-state index in [1.165, 1.54) is 22.3 Å². The molecule has 0 unspecified atom stereocenters. The van der Waals surface area contributed by atoms with E-state index in [-0.39, 0.29) is 0 Å². The Kier molecular flexibility index (Phi) is 4.67. The molecule has 19 heavy (non-hydrogen) atoms. The van der Waals surface area contributed by atoms with Crippen LogP contribution in [0.2, 0.25) is 0 Å². The second-order valence-corrected chi connectivity index (χ2v) is 4.71. The number of benzene rings is 2. The molecule has 3 nitrogen and oxygen atoms in total. The minimum atomic E-state index is 0.612. The van der Waals surface area contributed by atoms with Gasteiger partial charge in [-0.05, 0) is 25.0 Å². The molecule has 0 aliphatic carbocycles. The van der Waals surface area contributed by atoms with Gasteiger partial charge in [0.15, 0.2) is 0 Å². The highest BCUT2D eigenvalue weighted by atomic mass is 15.4. The summed E-state index contributed by atoms with van der Waals surface area (Å²) in [5.41, 5.74) is 7.87. The van der Waals surface area contributed by atoms with Crippen molar-refractivity contribution >= 4 is 0 Å². The first-order valence-electron chi connectivity index (χ1n) is 6.44. The molecule has 0 aliphatic rings. The van der Waals surface area contributed by atoms with E-state index >= 15 is 0 Å². The van der Waals surface area contributed by atoms with Crippen LogP contribution >= 0.6 is 0 Å². The van der Waals surface area contributed by atoms with Crippen molar-refractivity contribution in [2.24, 2.45) is 10.3 Å². The van der Waals surface area contributed by atoms with Crippen molar-refractivity contribution in [3.8, 4) is 0 Å². The van der Waals surface area contributed by atoms with Crippen LogP contribution in [0.4, 0.5) is 0 Å². The minimum Gasteiger partial charge on any atom is -0.287 e. The maximum atomic E-state index is 4.12. The molecule has 2 rings (SSSR count). The number of hydrogen-bond donors (Lipinski definition) is 1. The molecule has 0 saturated carbocycles. The van der Waals surface area contributed by atoms with Gasteiger partial charge in [0.05, 0.1) is 13.1 Å². The summed E-state index contributed by atoms with van der Waals surface area (Å²) in [6.07, 6.45) is 0. The molecule has 0 radical (unpaired) electrons. The molecule has 0 atom stereocenters. The normalized spacial score (nSPS) is 10.8. The van der Waals surface area contributed by atoms with Crippen molar-refractivity contribution in [3.63, 3.8) is 0 Å². The number of nitrogens with one attached hydrogen (secondary N) is 1. The molecule has 3 heteroatoms. The first-order valence-corrected chi connectivity index (χ1v) is 6.44. The van der Waals surface area contributed by atoms with E-state index in [1.54, 1.807) is 0 Å². The number of rotatable bonds is 5. The second-order valence-electron chi connectivity index (χ2n) is 4.71. The van der Waals surface area contributed by atoms with Gasteiger partial charge >= 0.3 is 0 Å². The van der Waals surface area contributed by atoms with Gasteiger partial charge in [-0.2, -0.15) is 5.11 Å². The fourth-order valence-corrected chi connectivity index (χ4v) is 1.69. The lowest BCUT2D eigenvalue weighted by atomic mass is 10.1. The molecule has 0 aliphatic heterocycles. The van der Waals surface area contributed by atoms with E-state index in [1.807, 2.05) is 0 Å². The number of hydrogen-bond acceptors (Lipinski definition) is 2. The Bertz CT molecular complexity index is 527. The molecule has 0 heterocycles. The smallest absolute Gasteiger partial charge is 0.0870 e. The zero-order chi connectivity index (χ0) is 13.5. The van der Waals surface area contributed by atoms with Crippen molar-refractivity contribution in [3.05, 3.63) is 70.8 Å². The van der Waals surface area contributed by atoms with Crippen LogP contribution < -0.4 is 5.43 Å². The van der Waals surface area contributed by atoms with Crippen molar-refractivity contribution in [2.45, 2.75) is 26.9 Å². The largest absolute Gasteiger partial charge is 0.287 e. The summed E-state index contributed by atoms with van der Waals surface area (Å²) in [4.78, 5) is 0. The molecule has 1 N–H and O–H groups in total. The van der Waals surface area contributed by atoms with Gasteiger partial charge in [0.1, 0.15) is 0 Å². The lowest BCUT2D eigenvalue weighted by Gasteiger charge is -2.00.